The smallest absolute Gasteiger partial charge is 0.254 e. The molecule has 0 saturated heterocycles. The van der Waals surface area contributed by atoms with E-state index in [4.69, 9.17) is 16.3 Å². The second-order valence-electron chi connectivity index (χ2n) is 4.55. The minimum Gasteiger partial charge on any atom is -0.470 e. The number of rotatable bonds is 5. The van der Waals surface area contributed by atoms with E-state index in [0.29, 0.717) is 12.2 Å². The van der Waals surface area contributed by atoms with Crippen LogP contribution in [0.4, 0.5) is 0 Å². The van der Waals surface area contributed by atoms with E-state index in [2.05, 4.69) is 21.2 Å². The van der Waals surface area contributed by atoms with Crippen molar-refractivity contribution in [2.24, 2.45) is 0 Å². The van der Waals surface area contributed by atoms with Crippen LogP contribution in [0.3, 0.4) is 0 Å². The maximum atomic E-state index is 11.9. The largest absolute Gasteiger partial charge is 0.470 e. The van der Waals surface area contributed by atoms with Gasteiger partial charge in [-0.15, -0.1) is 10.2 Å². The molecule has 1 aromatic heterocycles. The van der Waals surface area contributed by atoms with Crippen LogP contribution in [-0.2, 0) is 0 Å². The monoisotopic (exact) mass is 271 g/mol. The van der Waals surface area contributed by atoms with Gasteiger partial charge in [0.05, 0.1) is 5.56 Å². The summed E-state index contributed by atoms with van der Waals surface area (Å²) in [6.45, 7) is 2.34. The maximum Gasteiger partial charge on any atom is 0.254 e. The second kappa shape index (κ2) is 5.49. The van der Waals surface area contributed by atoms with Crippen LogP contribution in [0, 0.1) is 0 Å². The normalized spacial score (nSPS) is 16.2. The van der Waals surface area contributed by atoms with Crippen LogP contribution < -0.4 is 15.8 Å². The number of hydrogen-bond acceptors (Lipinski definition) is 4. The van der Waals surface area contributed by atoms with Crippen LogP contribution in [0.1, 0.15) is 30.1 Å². The van der Waals surface area contributed by atoms with Crippen molar-refractivity contribution < 1.29 is 15.3 Å². The number of carbonyl (C=O) groups excluding carboxylic acids is 1. The fraction of sp³-hybridized carbons (Fsp3) is 0.545. The first-order valence-corrected chi connectivity index (χ1v) is 6.24. The predicted molar refractivity (Wildman–Crippen MR) is 65.4 cm³/mol. The maximum absolute atomic E-state index is 11.9. The molecule has 1 heterocycles. The van der Waals surface area contributed by atoms with Gasteiger partial charge < -0.3 is 15.8 Å². The first-order chi connectivity index (χ1) is 8.56. The number of hydrogen-bond donors (Lipinski definition) is 2. The molecule has 0 aliphatic heterocycles. The summed E-state index contributed by atoms with van der Waals surface area (Å²) in [5.74, 6) is 0.0563. The van der Waals surface area contributed by atoms with E-state index in [0.717, 1.165) is 12.8 Å². The zero-order chi connectivity index (χ0) is 13.1. The highest BCUT2D eigenvalue weighted by molar-refractivity contribution is 6.32. The molecule has 1 saturated carbocycles. The fourth-order valence-corrected chi connectivity index (χ4v) is 1.49. The molecule has 0 spiro atoms. The lowest BCUT2D eigenvalue weighted by Crippen LogP contribution is -2.61. The van der Waals surface area contributed by atoms with Crippen LogP contribution in [0.25, 0.3) is 0 Å². The molecule has 0 radical (unpaired) electrons. The zero-order valence-corrected chi connectivity index (χ0v) is 10.9. The number of amides is 1. The van der Waals surface area contributed by atoms with Crippen molar-refractivity contribution in [3.8, 4) is 5.88 Å². The summed E-state index contributed by atoms with van der Waals surface area (Å²) in [5, 5.41) is 10.4. The molecule has 4 N–H and O–H groups in total. The average Bonchev–Trinajstić information content (AvgIpc) is 3.11. The Morgan fingerprint density at radius 2 is 2.39 bits per heavy atom. The highest BCUT2D eigenvalue weighted by Gasteiger charge is 2.25. The lowest BCUT2D eigenvalue weighted by molar-refractivity contribution is -0.417. The molecule has 1 amide bonds. The standard InChI is InChI=1S/C11H15ClN4O2/c1-6(13)5-18-9-4-8(10(12)16-15-9)11(17)14-7-2-3-7/h4,6-7H,2-3,5,13H2,1H3,(H,14,17)/p+1/t6-/m0/s1. The van der Waals surface area contributed by atoms with Crippen LogP contribution in [0.5, 0.6) is 5.88 Å². The van der Waals surface area contributed by atoms with E-state index in [1.807, 2.05) is 6.92 Å². The van der Waals surface area contributed by atoms with Crippen molar-refractivity contribution in [1.82, 2.24) is 15.5 Å². The minimum absolute atomic E-state index is 0.0863. The van der Waals surface area contributed by atoms with E-state index in [1.54, 1.807) is 0 Å². The van der Waals surface area contributed by atoms with Crippen molar-refractivity contribution in [3.63, 3.8) is 0 Å². The van der Waals surface area contributed by atoms with E-state index < -0.39 is 0 Å². The van der Waals surface area contributed by atoms with Crippen molar-refractivity contribution in [3.05, 3.63) is 16.8 Å². The predicted octanol–water partition coefficient (Wildman–Crippen LogP) is 0.0314. The third-order valence-corrected chi connectivity index (χ3v) is 2.68. The quantitative estimate of drug-likeness (QED) is 0.790. The van der Waals surface area contributed by atoms with Gasteiger partial charge in [-0.25, -0.2) is 0 Å². The summed E-state index contributed by atoms with van der Waals surface area (Å²) in [7, 11) is 0. The van der Waals surface area contributed by atoms with Crippen LogP contribution in [0.15, 0.2) is 6.07 Å². The van der Waals surface area contributed by atoms with E-state index in [9.17, 15) is 4.79 Å². The number of quaternary nitrogens is 1. The third-order valence-electron chi connectivity index (χ3n) is 2.40. The van der Waals surface area contributed by atoms with Crippen molar-refractivity contribution in [2.45, 2.75) is 31.8 Å². The highest BCUT2D eigenvalue weighted by atomic mass is 35.5. The molecule has 1 fully saturated rings. The number of nitrogens with one attached hydrogen (secondary N) is 1. The second-order valence-corrected chi connectivity index (χ2v) is 4.91. The summed E-state index contributed by atoms with van der Waals surface area (Å²) in [6.07, 6.45) is 2.04. The molecule has 0 aromatic carbocycles. The molecular formula is C11H16ClN4O2+. The van der Waals surface area contributed by atoms with Gasteiger partial charge in [-0.05, 0) is 19.8 Å². The van der Waals surface area contributed by atoms with Crippen molar-refractivity contribution in [2.75, 3.05) is 6.61 Å². The van der Waals surface area contributed by atoms with Gasteiger partial charge in [0.15, 0.2) is 5.15 Å². The van der Waals surface area contributed by atoms with Gasteiger partial charge in [0, 0.05) is 12.1 Å². The van der Waals surface area contributed by atoms with Crippen LogP contribution >= 0.6 is 11.6 Å². The summed E-state index contributed by atoms with van der Waals surface area (Å²) in [5.41, 5.74) is 4.09. The summed E-state index contributed by atoms with van der Waals surface area (Å²) in [4.78, 5) is 11.9. The van der Waals surface area contributed by atoms with E-state index in [1.165, 1.54) is 6.07 Å². The molecule has 18 heavy (non-hydrogen) atoms. The summed E-state index contributed by atoms with van der Waals surface area (Å²) >= 11 is 5.86. The van der Waals surface area contributed by atoms with Gasteiger partial charge in [0.2, 0.25) is 5.88 Å². The van der Waals surface area contributed by atoms with Gasteiger partial charge in [0.25, 0.3) is 5.91 Å². The Morgan fingerprint density at radius 1 is 1.67 bits per heavy atom. The van der Waals surface area contributed by atoms with Gasteiger partial charge >= 0.3 is 0 Å². The Kier molecular flexibility index (Phi) is 3.98. The number of halogens is 1. The van der Waals surface area contributed by atoms with Gasteiger partial charge in [-0.3, -0.25) is 4.79 Å². The van der Waals surface area contributed by atoms with Gasteiger partial charge in [-0.2, -0.15) is 0 Å². The summed E-state index contributed by atoms with van der Waals surface area (Å²) < 4.78 is 5.36. The molecule has 6 nitrogen and oxygen atoms in total. The molecule has 98 valence electrons. The Balaban J connectivity index is 2.07. The first-order valence-electron chi connectivity index (χ1n) is 5.86. The Morgan fingerprint density at radius 3 is 3.00 bits per heavy atom. The first kappa shape index (κ1) is 13.0. The molecular weight excluding hydrogens is 256 g/mol. The number of nitrogens with zero attached hydrogens (tertiary/aromatic N) is 2. The topological polar surface area (TPSA) is 91.8 Å². The Labute approximate surface area is 110 Å². The third kappa shape index (κ3) is 3.54. The molecule has 7 heteroatoms. The zero-order valence-electron chi connectivity index (χ0n) is 10.1. The van der Waals surface area contributed by atoms with Crippen molar-refractivity contribution in [1.29, 1.82) is 0 Å². The molecule has 2 rings (SSSR count). The molecule has 1 aliphatic rings. The molecule has 1 atom stereocenters. The minimum atomic E-state index is -0.232. The van der Waals surface area contributed by atoms with Gasteiger partial charge in [-0.1, -0.05) is 11.6 Å². The molecule has 1 aromatic rings. The molecule has 0 bridgehead atoms. The Hall–Kier alpha value is -1.40. The van der Waals surface area contributed by atoms with Crippen molar-refractivity contribution >= 4 is 17.5 Å². The van der Waals surface area contributed by atoms with E-state index in [-0.39, 0.29) is 29.0 Å². The van der Waals surface area contributed by atoms with Gasteiger partial charge in [0.1, 0.15) is 12.6 Å². The highest BCUT2D eigenvalue weighted by Crippen LogP contribution is 2.22. The molecule has 0 unspecified atom stereocenters. The summed E-state index contributed by atoms with van der Waals surface area (Å²) in [6, 6.07) is 1.91. The SMILES string of the molecule is C[C@H]([NH3+])COc1cc(C(=O)NC2CC2)c(Cl)nn1. The lowest BCUT2D eigenvalue weighted by atomic mass is 10.3. The number of carbonyl (C=O) groups is 1. The van der Waals surface area contributed by atoms with Crippen LogP contribution in [-0.4, -0.2) is 34.8 Å². The Bertz CT molecular complexity index is 449. The van der Waals surface area contributed by atoms with Crippen LogP contribution in [0.2, 0.25) is 5.15 Å². The average molecular weight is 272 g/mol. The van der Waals surface area contributed by atoms with E-state index >= 15 is 0 Å². The fourth-order valence-electron chi connectivity index (χ4n) is 1.31. The molecule has 1 aliphatic carbocycles. The lowest BCUT2D eigenvalue weighted by Gasteiger charge is -2.08. The number of aromatic nitrogens is 2. The number of ether oxygens (including phenoxy) is 1.